The van der Waals surface area contributed by atoms with Crippen molar-refractivity contribution < 1.29 is 19.0 Å². The number of aromatic nitrogens is 1. The Labute approximate surface area is 148 Å². The number of nitrogens with one attached hydrogen (secondary N) is 1. The van der Waals surface area contributed by atoms with E-state index in [1.807, 2.05) is 19.9 Å². The van der Waals surface area contributed by atoms with Gasteiger partial charge in [0.1, 0.15) is 11.9 Å². The van der Waals surface area contributed by atoms with Crippen LogP contribution in [0.25, 0.3) is 12.8 Å². The topological polar surface area (TPSA) is 68.6 Å². The van der Waals surface area contributed by atoms with Crippen LogP contribution in [-0.4, -0.2) is 41.3 Å². The van der Waals surface area contributed by atoms with Crippen LogP contribution in [0.5, 0.6) is 5.75 Å². The molecular weight excluding hydrogens is 348 g/mol. The number of phenolic OH excluding ortho intramolecular Hbond substituents is 1. The first kappa shape index (κ1) is 19.1. The number of benzene rings is 1. The van der Waals surface area contributed by atoms with E-state index in [9.17, 15) is 13.9 Å². The first-order valence-electron chi connectivity index (χ1n) is 7.59. The second kappa shape index (κ2) is 7.79. The Morgan fingerprint density at radius 3 is 2.68 bits per heavy atom. The lowest BCUT2D eigenvalue weighted by Gasteiger charge is -2.18. The Hall–Kier alpha value is -2.19. The van der Waals surface area contributed by atoms with Gasteiger partial charge in [0.05, 0.1) is 15.6 Å². The van der Waals surface area contributed by atoms with Crippen molar-refractivity contribution in [2.45, 2.75) is 26.4 Å². The molecule has 136 valence electrons. The van der Waals surface area contributed by atoms with Crippen molar-refractivity contribution in [3.63, 3.8) is 0 Å². The number of aliphatic hydroxyl groups is 1. The number of phenols is 1. The molecule has 8 heteroatoms. The Morgan fingerprint density at radius 1 is 1.40 bits per heavy atom. The zero-order valence-electron chi connectivity index (χ0n) is 14.3. The number of alkyl halides is 2. The summed E-state index contributed by atoms with van der Waals surface area (Å²) >= 11 is 1.23. The van der Waals surface area contributed by atoms with Crippen molar-refractivity contribution >= 4 is 34.9 Å². The SMILES string of the molecule is C=c1nc(NCC(O)C(F)F)s/c1=C/N(C)c1c(C)cc(C)cc1O. The van der Waals surface area contributed by atoms with Gasteiger partial charge in [-0.25, -0.2) is 13.8 Å². The summed E-state index contributed by atoms with van der Waals surface area (Å²) in [5.74, 6) is 0.171. The van der Waals surface area contributed by atoms with Crippen molar-refractivity contribution in [2.24, 2.45) is 0 Å². The molecule has 0 saturated carbocycles. The van der Waals surface area contributed by atoms with Gasteiger partial charge in [0.25, 0.3) is 6.43 Å². The molecule has 0 radical (unpaired) electrons. The lowest BCUT2D eigenvalue weighted by molar-refractivity contribution is 0.00384. The first-order chi connectivity index (χ1) is 11.7. The number of hydrogen-bond donors (Lipinski definition) is 3. The largest absolute Gasteiger partial charge is 0.506 e. The maximum absolute atomic E-state index is 12.3. The predicted octanol–water partition coefficient (Wildman–Crippen LogP) is 1.79. The van der Waals surface area contributed by atoms with Crippen molar-refractivity contribution in [3.05, 3.63) is 33.1 Å². The summed E-state index contributed by atoms with van der Waals surface area (Å²) in [7, 11) is 1.80. The van der Waals surface area contributed by atoms with E-state index in [1.54, 1.807) is 24.2 Å². The maximum Gasteiger partial charge on any atom is 0.265 e. The van der Waals surface area contributed by atoms with Crippen molar-refractivity contribution in [2.75, 3.05) is 23.8 Å². The highest BCUT2D eigenvalue weighted by Gasteiger charge is 2.16. The third-order valence-electron chi connectivity index (χ3n) is 3.57. The molecule has 0 aliphatic rings. The smallest absolute Gasteiger partial charge is 0.265 e. The standard InChI is InChI=1S/C17H21F2N3O2S/c1-9-5-10(2)15(12(23)6-9)22(4)8-14-11(3)21-17(25-14)20-7-13(24)16(18)19/h5-6,8,13,16,23-24H,3,7H2,1-2,4H3,(H,20,21)/b14-8+. The number of rotatable bonds is 6. The van der Waals surface area contributed by atoms with E-state index in [4.69, 9.17) is 5.11 Å². The van der Waals surface area contributed by atoms with Gasteiger partial charge in [-0.15, -0.1) is 0 Å². The van der Waals surface area contributed by atoms with Crippen LogP contribution in [0.4, 0.5) is 19.6 Å². The molecule has 1 aromatic carbocycles. The highest BCUT2D eigenvalue weighted by molar-refractivity contribution is 7.13. The highest BCUT2D eigenvalue weighted by atomic mass is 32.1. The Balaban J connectivity index is 2.25. The fraction of sp³-hybridized carbons (Fsp3) is 0.353. The van der Waals surface area contributed by atoms with E-state index >= 15 is 0 Å². The number of aliphatic hydroxyl groups excluding tert-OH is 1. The summed E-state index contributed by atoms with van der Waals surface area (Å²) in [4.78, 5) is 5.94. The van der Waals surface area contributed by atoms with E-state index in [-0.39, 0.29) is 12.3 Å². The minimum atomic E-state index is -2.81. The summed E-state index contributed by atoms with van der Waals surface area (Å²) in [5.41, 5.74) is 2.55. The van der Waals surface area contributed by atoms with E-state index < -0.39 is 12.5 Å². The minimum Gasteiger partial charge on any atom is -0.506 e. The molecular formula is C17H21F2N3O2S. The average molecular weight is 369 g/mol. The highest BCUT2D eigenvalue weighted by Crippen LogP contribution is 2.31. The van der Waals surface area contributed by atoms with Gasteiger partial charge in [-0.3, -0.25) is 0 Å². The summed E-state index contributed by atoms with van der Waals surface area (Å²) < 4.78 is 25.4. The monoisotopic (exact) mass is 369 g/mol. The minimum absolute atomic E-state index is 0.171. The quantitative estimate of drug-likeness (QED) is 0.724. The Kier molecular flexibility index (Phi) is 5.97. The molecule has 5 nitrogen and oxygen atoms in total. The van der Waals surface area contributed by atoms with Gasteiger partial charge in [-0.05, 0) is 31.0 Å². The maximum atomic E-state index is 12.3. The number of nitrogens with zero attached hydrogens (tertiary/aromatic N) is 2. The first-order valence-corrected chi connectivity index (χ1v) is 8.41. The van der Waals surface area contributed by atoms with Gasteiger partial charge in [-0.1, -0.05) is 24.0 Å². The van der Waals surface area contributed by atoms with Crippen LogP contribution < -0.4 is 20.1 Å². The molecule has 1 aromatic heterocycles. The van der Waals surface area contributed by atoms with Gasteiger partial charge in [0, 0.05) is 19.8 Å². The van der Waals surface area contributed by atoms with Crippen molar-refractivity contribution in [3.8, 4) is 5.75 Å². The third kappa shape index (κ3) is 4.67. The van der Waals surface area contributed by atoms with Gasteiger partial charge >= 0.3 is 0 Å². The van der Waals surface area contributed by atoms with E-state index in [0.717, 1.165) is 15.7 Å². The Bertz CT molecular complexity index is 831. The van der Waals surface area contributed by atoms with Crippen LogP contribution >= 0.6 is 11.3 Å². The molecule has 1 heterocycles. The number of hydrogen-bond acceptors (Lipinski definition) is 6. The molecule has 0 aliphatic carbocycles. The fourth-order valence-corrected chi connectivity index (χ4v) is 3.35. The molecule has 2 aromatic rings. The molecule has 0 amide bonds. The van der Waals surface area contributed by atoms with Crippen molar-refractivity contribution in [1.82, 2.24) is 4.98 Å². The van der Waals surface area contributed by atoms with Crippen LogP contribution in [0.2, 0.25) is 0 Å². The molecule has 25 heavy (non-hydrogen) atoms. The zero-order valence-corrected chi connectivity index (χ0v) is 15.1. The molecule has 3 N–H and O–H groups in total. The average Bonchev–Trinajstić information content (AvgIpc) is 2.83. The number of aryl methyl sites for hydroxylation is 2. The summed E-state index contributed by atoms with van der Waals surface area (Å²) in [5, 5.41) is 22.9. The van der Waals surface area contributed by atoms with Gasteiger partial charge < -0.3 is 20.4 Å². The normalized spacial score (nSPS) is 13.3. The summed E-state index contributed by atoms with van der Waals surface area (Å²) in [6, 6.07) is 3.65. The summed E-state index contributed by atoms with van der Waals surface area (Å²) in [6.45, 7) is 7.36. The lowest BCUT2D eigenvalue weighted by Crippen LogP contribution is -2.27. The number of anilines is 2. The van der Waals surface area contributed by atoms with Crippen LogP contribution in [0.3, 0.4) is 0 Å². The number of halogens is 2. The molecule has 0 bridgehead atoms. The van der Waals surface area contributed by atoms with Gasteiger partial charge in [-0.2, -0.15) is 0 Å². The zero-order chi connectivity index (χ0) is 18.7. The molecule has 2 rings (SSSR count). The third-order valence-corrected chi connectivity index (χ3v) is 4.56. The van der Waals surface area contributed by atoms with Crippen LogP contribution in [0.15, 0.2) is 12.1 Å². The van der Waals surface area contributed by atoms with Gasteiger partial charge in [0.2, 0.25) is 0 Å². The molecule has 1 unspecified atom stereocenters. The van der Waals surface area contributed by atoms with Crippen LogP contribution in [0.1, 0.15) is 11.1 Å². The van der Waals surface area contributed by atoms with E-state index in [1.165, 1.54) is 11.3 Å². The second-order valence-electron chi connectivity index (χ2n) is 5.80. The molecule has 0 fully saturated rings. The Morgan fingerprint density at radius 2 is 2.08 bits per heavy atom. The van der Waals surface area contributed by atoms with Gasteiger partial charge in [0.15, 0.2) is 5.13 Å². The van der Waals surface area contributed by atoms with E-state index in [0.29, 0.717) is 16.2 Å². The fourth-order valence-electron chi connectivity index (χ4n) is 2.46. The predicted molar refractivity (Wildman–Crippen MR) is 97.8 cm³/mol. The number of aromatic hydroxyl groups is 1. The summed E-state index contributed by atoms with van der Waals surface area (Å²) in [6.07, 6.45) is -2.79. The molecule has 0 aliphatic heterocycles. The number of thiazole rings is 1. The molecule has 0 spiro atoms. The lowest BCUT2D eigenvalue weighted by atomic mass is 10.1. The molecule has 1 atom stereocenters. The van der Waals surface area contributed by atoms with Crippen LogP contribution in [-0.2, 0) is 0 Å². The second-order valence-corrected chi connectivity index (χ2v) is 6.83. The van der Waals surface area contributed by atoms with Crippen LogP contribution in [0, 0.1) is 13.8 Å². The van der Waals surface area contributed by atoms with E-state index in [2.05, 4.69) is 16.9 Å². The van der Waals surface area contributed by atoms with Crippen molar-refractivity contribution in [1.29, 1.82) is 0 Å². The molecule has 0 saturated heterocycles.